The molecule has 1 aromatic rings. The first-order valence-corrected chi connectivity index (χ1v) is 4.77. The van der Waals surface area contributed by atoms with Gasteiger partial charge in [0.25, 0.3) is 0 Å². The van der Waals surface area contributed by atoms with Gasteiger partial charge in [-0.3, -0.25) is 9.59 Å². The van der Waals surface area contributed by atoms with Gasteiger partial charge < -0.3 is 10.2 Å². The van der Waals surface area contributed by atoms with Crippen LogP contribution in [0.25, 0.3) is 5.57 Å². The average molecular weight is 218 g/mol. The zero-order valence-corrected chi connectivity index (χ0v) is 8.60. The van der Waals surface area contributed by atoms with Gasteiger partial charge in [-0.2, -0.15) is 0 Å². The Kier molecular flexibility index (Phi) is 2.17. The molecule has 1 aromatic carbocycles. The van der Waals surface area contributed by atoms with Crippen LogP contribution in [0.2, 0.25) is 0 Å². The third-order valence-electron chi connectivity index (χ3n) is 2.63. The van der Waals surface area contributed by atoms with E-state index < -0.39 is 22.9 Å². The smallest absolute Gasteiger partial charge is 0.237 e. The minimum absolute atomic E-state index is 0.115. The highest BCUT2D eigenvalue weighted by Crippen LogP contribution is 2.33. The molecule has 0 bridgehead atoms. The fourth-order valence-corrected chi connectivity index (χ4v) is 1.67. The van der Waals surface area contributed by atoms with Crippen molar-refractivity contribution >= 4 is 17.1 Å². The summed E-state index contributed by atoms with van der Waals surface area (Å²) >= 11 is 0. The highest BCUT2D eigenvalue weighted by molar-refractivity contribution is 6.42. The van der Waals surface area contributed by atoms with E-state index in [2.05, 4.69) is 0 Å². The Balaban J connectivity index is 2.59. The molecule has 0 aliphatic heterocycles. The molecule has 0 heterocycles. The van der Waals surface area contributed by atoms with Crippen molar-refractivity contribution in [2.75, 3.05) is 0 Å². The molecule has 0 fully saturated rings. The molecule has 1 atom stereocenters. The standard InChI is InChI=1S/C12H10O4/c1-12(16)10(14)8(9(13)11(12)15)7-5-3-2-4-6-7/h2-6,13,16H,1H3. The van der Waals surface area contributed by atoms with Crippen molar-refractivity contribution in [2.45, 2.75) is 12.5 Å². The minimum Gasteiger partial charge on any atom is -0.504 e. The second-order valence-electron chi connectivity index (χ2n) is 3.82. The lowest BCUT2D eigenvalue weighted by Gasteiger charge is -2.11. The molecule has 2 N–H and O–H groups in total. The highest BCUT2D eigenvalue weighted by Gasteiger charge is 2.50. The van der Waals surface area contributed by atoms with Gasteiger partial charge in [0.1, 0.15) is 0 Å². The molecular formula is C12H10O4. The number of hydrogen-bond donors (Lipinski definition) is 2. The number of hydrogen-bond acceptors (Lipinski definition) is 4. The number of carbonyl (C=O) groups is 2. The summed E-state index contributed by atoms with van der Waals surface area (Å²) in [6, 6.07) is 8.30. The van der Waals surface area contributed by atoms with Gasteiger partial charge in [-0.1, -0.05) is 30.3 Å². The Morgan fingerprint density at radius 2 is 1.62 bits per heavy atom. The summed E-state index contributed by atoms with van der Waals surface area (Å²) in [6.45, 7) is 1.09. The predicted octanol–water partition coefficient (Wildman–Crippen LogP) is 0.858. The summed E-state index contributed by atoms with van der Waals surface area (Å²) in [5, 5.41) is 19.2. The van der Waals surface area contributed by atoms with Crippen LogP contribution >= 0.6 is 0 Å². The number of rotatable bonds is 1. The van der Waals surface area contributed by atoms with Crippen molar-refractivity contribution in [3.63, 3.8) is 0 Å². The first kappa shape index (κ1) is 10.6. The maximum absolute atomic E-state index is 11.8. The number of Topliss-reactive ketones (excluding diaryl/α,β-unsaturated/α-hetero) is 2. The lowest BCUT2D eigenvalue weighted by atomic mass is 9.97. The number of aliphatic hydroxyl groups excluding tert-OH is 1. The van der Waals surface area contributed by atoms with Crippen LogP contribution in [-0.2, 0) is 9.59 Å². The fourth-order valence-electron chi connectivity index (χ4n) is 1.67. The van der Waals surface area contributed by atoms with Crippen molar-refractivity contribution in [3.05, 3.63) is 41.7 Å². The van der Waals surface area contributed by atoms with Crippen LogP contribution in [0.4, 0.5) is 0 Å². The van der Waals surface area contributed by atoms with Crippen molar-refractivity contribution in [2.24, 2.45) is 0 Å². The fraction of sp³-hybridized carbons (Fsp3) is 0.167. The van der Waals surface area contributed by atoms with Gasteiger partial charge in [0.05, 0.1) is 5.57 Å². The topological polar surface area (TPSA) is 74.6 Å². The van der Waals surface area contributed by atoms with Gasteiger partial charge in [0, 0.05) is 0 Å². The third-order valence-corrected chi connectivity index (χ3v) is 2.63. The summed E-state index contributed by atoms with van der Waals surface area (Å²) in [5.74, 6) is -2.38. The van der Waals surface area contributed by atoms with E-state index >= 15 is 0 Å². The van der Waals surface area contributed by atoms with Gasteiger partial charge in [-0.25, -0.2) is 0 Å². The molecule has 0 radical (unpaired) electrons. The quantitative estimate of drug-likeness (QED) is 0.685. The average Bonchev–Trinajstić information content (AvgIpc) is 2.42. The largest absolute Gasteiger partial charge is 0.504 e. The Morgan fingerprint density at radius 1 is 1.06 bits per heavy atom. The van der Waals surface area contributed by atoms with Crippen LogP contribution in [0.15, 0.2) is 36.1 Å². The van der Waals surface area contributed by atoms with Crippen molar-refractivity contribution < 1.29 is 19.8 Å². The molecular weight excluding hydrogens is 208 g/mol. The zero-order chi connectivity index (χ0) is 11.9. The molecule has 4 heteroatoms. The van der Waals surface area contributed by atoms with Crippen molar-refractivity contribution in [1.82, 2.24) is 0 Å². The van der Waals surface area contributed by atoms with Crippen molar-refractivity contribution in [1.29, 1.82) is 0 Å². The molecule has 4 nitrogen and oxygen atoms in total. The van der Waals surface area contributed by atoms with E-state index in [0.717, 1.165) is 6.92 Å². The molecule has 16 heavy (non-hydrogen) atoms. The first-order valence-electron chi connectivity index (χ1n) is 4.77. The predicted molar refractivity (Wildman–Crippen MR) is 56.6 cm³/mol. The second kappa shape index (κ2) is 3.28. The molecule has 82 valence electrons. The maximum Gasteiger partial charge on any atom is 0.237 e. The molecule has 2 rings (SSSR count). The molecule has 1 aliphatic carbocycles. The molecule has 1 unspecified atom stereocenters. The Hall–Kier alpha value is -1.94. The van der Waals surface area contributed by atoms with Crippen LogP contribution in [0.5, 0.6) is 0 Å². The van der Waals surface area contributed by atoms with Crippen LogP contribution in [0.3, 0.4) is 0 Å². The third kappa shape index (κ3) is 1.27. The summed E-state index contributed by atoms with van der Waals surface area (Å²) in [4.78, 5) is 23.2. The monoisotopic (exact) mass is 218 g/mol. The Bertz CT molecular complexity index is 497. The van der Waals surface area contributed by atoms with Gasteiger partial charge in [0.15, 0.2) is 11.4 Å². The molecule has 1 aliphatic rings. The summed E-state index contributed by atoms with van der Waals surface area (Å²) in [7, 11) is 0. The summed E-state index contributed by atoms with van der Waals surface area (Å²) < 4.78 is 0. The lowest BCUT2D eigenvalue weighted by Crippen LogP contribution is -2.39. The molecule has 0 aromatic heterocycles. The number of carbonyl (C=O) groups excluding carboxylic acids is 2. The van der Waals surface area contributed by atoms with Gasteiger partial charge in [0.2, 0.25) is 11.6 Å². The first-order chi connectivity index (χ1) is 7.46. The SMILES string of the molecule is CC1(O)C(=O)C(O)=C(c2ccccc2)C1=O. The van der Waals surface area contributed by atoms with Crippen molar-refractivity contribution in [3.8, 4) is 0 Å². The number of ketones is 2. The number of benzene rings is 1. The molecule has 0 saturated carbocycles. The molecule has 0 saturated heterocycles. The van der Waals surface area contributed by atoms with Crippen LogP contribution < -0.4 is 0 Å². The van der Waals surface area contributed by atoms with Crippen LogP contribution in [-0.4, -0.2) is 27.4 Å². The summed E-state index contributed by atoms with van der Waals surface area (Å²) in [6.07, 6.45) is 0. The van der Waals surface area contributed by atoms with E-state index in [1.54, 1.807) is 30.3 Å². The Morgan fingerprint density at radius 3 is 2.06 bits per heavy atom. The van der Waals surface area contributed by atoms with Gasteiger partial charge in [-0.15, -0.1) is 0 Å². The molecule has 0 spiro atoms. The van der Waals surface area contributed by atoms with Gasteiger partial charge >= 0.3 is 0 Å². The Labute approximate surface area is 91.8 Å². The zero-order valence-electron chi connectivity index (χ0n) is 8.60. The number of aliphatic hydroxyl groups is 2. The van der Waals surface area contributed by atoms with E-state index in [1.807, 2.05) is 0 Å². The van der Waals surface area contributed by atoms with Gasteiger partial charge in [-0.05, 0) is 12.5 Å². The normalized spacial score (nSPS) is 25.4. The van der Waals surface area contributed by atoms with E-state index in [1.165, 1.54) is 0 Å². The van der Waals surface area contributed by atoms with E-state index in [9.17, 15) is 19.8 Å². The highest BCUT2D eigenvalue weighted by atomic mass is 16.3. The van der Waals surface area contributed by atoms with Crippen LogP contribution in [0.1, 0.15) is 12.5 Å². The van der Waals surface area contributed by atoms with E-state index in [4.69, 9.17) is 0 Å². The molecule has 0 amide bonds. The maximum atomic E-state index is 11.8. The minimum atomic E-state index is -2.14. The summed E-state index contributed by atoms with van der Waals surface area (Å²) in [5.41, 5.74) is -1.83. The second-order valence-corrected chi connectivity index (χ2v) is 3.82. The van der Waals surface area contributed by atoms with Crippen LogP contribution in [0, 0.1) is 0 Å². The van der Waals surface area contributed by atoms with E-state index in [-0.39, 0.29) is 5.57 Å². The lowest BCUT2D eigenvalue weighted by molar-refractivity contribution is -0.142. The van der Waals surface area contributed by atoms with E-state index in [0.29, 0.717) is 5.56 Å².